The molecule has 0 fully saturated rings. The second-order valence-corrected chi connectivity index (χ2v) is 5.46. The highest BCUT2D eigenvalue weighted by Gasteiger charge is 2.08. The van der Waals surface area contributed by atoms with E-state index in [1.807, 2.05) is 18.5 Å². The van der Waals surface area contributed by atoms with E-state index in [4.69, 9.17) is 5.73 Å². The Morgan fingerprint density at radius 3 is 3.11 bits per heavy atom. The lowest BCUT2D eigenvalue weighted by atomic mass is 10.4. The third-order valence-electron chi connectivity index (χ3n) is 2.40. The van der Waals surface area contributed by atoms with Crippen LogP contribution in [0.25, 0.3) is 10.2 Å². The predicted octanol–water partition coefficient (Wildman–Crippen LogP) is 1.69. The van der Waals surface area contributed by atoms with Crippen LogP contribution in [-0.2, 0) is 12.8 Å². The SMILES string of the molecule is Cn1ncnc1SCc1nc(N)c2ccsc2n1. The van der Waals surface area contributed by atoms with E-state index in [0.29, 0.717) is 11.6 Å². The number of nitrogen functional groups attached to an aromatic ring is 1. The van der Waals surface area contributed by atoms with E-state index in [1.165, 1.54) is 6.33 Å². The minimum Gasteiger partial charge on any atom is -0.383 e. The Bertz CT molecular complexity index is 689. The van der Waals surface area contributed by atoms with Gasteiger partial charge in [-0.1, -0.05) is 11.8 Å². The lowest BCUT2D eigenvalue weighted by Gasteiger charge is -2.02. The minimum atomic E-state index is 0.537. The Kier molecular flexibility index (Phi) is 2.88. The summed E-state index contributed by atoms with van der Waals surface area (Å²) in [6.07, 6.45) is 1.53. The number of nitrogens with two attached hydrogens (primary N) is 1. The molecule has 18 heavy (non-hydrogen) atoms. The fraction of sp³-hybridized carbons (Fsp3) is 0.200. The predicted molar refractivity (Wildman–Crippen MR) is 72.4 cm³/mol. The number of nitrogens with zero attached hydrogens (tertiary/aromatic N) is 5. The van der Waals surface area contributed by atoms with Gasteiger partial charge >= 0.3 is 0 Å². The number of fused-ring (bicyclic) bond motifs is 1. The molecule has 92 valence electrons. The molecule has 0 spiro atoms. The maximum Gasteiger partial charge on any atom is 0.186 e. The van der Waals surface area contributed by atoms with Gasteiger partial charge in [-0.3, -0.25) is 0 Å². The number of hydrogen-bond acceptors (Lipinski definition) is 7. The van der Waals surface area contributed by atoms with E-state index in [9.17, 15) is 0 Å². The molecular weight excluding hydrogens is 268 g/mol. The second kappa shape index (κ2) is 4.54. The van der Waals surface area contributed by atoms with Crippen LogP contribution in [0.15, 0.2) is 22.9 Å². The van der Waals surface area contributed by atoms with Gasteiger partial charge in [0, 0.05) is 7.05 Å². The Hall–Kier alpha value is -1.67. The highest BCUT2D eigenvalue weighted by molar-refractivity contribution is 7.98. The van der Waals surface area contributed by atoms with Crippen LogP contribution in [-0.4, -0.2) is 24.7 Å². The van der Waals surface area contributed by atoms with Crippen molar-refractivity contribution in [2.75, 3.05) is 5.73 Å². The van der Waals surface area contributed by atoms with E-state index in [2.05, 4.69) is 20.1 Å². The third-order valence-corrected chi connectivity index (χ3v) is 4.24. The summed E-state index contributed by atoms with van der Waals surface area (Å²) in [7, 11) is 1.85. The topological polar surface area (TPSA) is 82.5 Å². The molecule has 6 nitrogen and oxygen atoms in total. The minimum absolute atomic E-state index is 0.537. The van der Waals surface area contributed by atoms with Crippen LogP contribution in [0.1, 0.15) is 5.82 Å². The van der Waals surface area contributed by atoms with Crippen molar-refractivity contribution in [3.63, 3.8) is 0 Å². The molecule has 0 aliphatic carbocycles. The molecule has 0 saturated carbocycles. The van der Waals surface area contributed by atoms with Crippen molar-refractivity contribution in [2.24, 2.45) is 7.05 Å². The molecule has 0 aliphatic rings. The first-order valence-corrected chi connectivity index (χ1v) is 7.07. The number of hydrogen-bond donors (Lipinski definition) is 1. The monoisotopic (exact) mass is 278 g/mol. The van der Waals surface area contributed by atoms with Gasteiger partial charge < -0.3 is 5.73 Å². The quantitative estimate of drug-likeness (QED) is 0.734. The van der Waals surface area contributed by atoms with Gasteiger partial charge in [0.25, 0.3) is 0 Å². The molecule has 0 atom stereocenters. The van der Waals surface area contributed by atoms with Crippen LogP contribution in [0.5, 0.6) is 0 Å². The van der Waals surface area contributed by atoms with Crippen molar-refractivity contribution < 1.29 is 0 Å². The van der Waals surface area contributed by atoms with E-state index in [1.54, 1.807) is 27.8 Å². The first kappa shape index (κ1) is 11.4. The van der Waals surface area contributed by atoms with Gasteiger partial charge in [0.1, 0.15) is 22.8 Å². The molecule has 3 aromatic heterocycles. The average molecular weight is 278 g/mol. The first-order valence-electron chi connectivity index (χ1n) is 5.20. The van der Waals surface area contributed by atoms with Crippen molar-refractivity contribution in [3.8, 4) is 0 Å². The fourth-order valence-electron chi connectivity index (χ4n) is 1.53. The van der Waals surface area contributed by atoms with Gasteiger partial charge in [-0.2, -0.15) is 5.10 Å². The summed E-state index contributed by atoms with van der Waals surface area (Å²) >= 11 is 3.11. The number of rotatable bonds is 3. The third kappa shape index (κ3) is 2.04. The van der Waals surface area contributed by atoms with E-state index < -0.39 is 0 Å². The Morgan fingerprint density at radius 2 is 2.33 bits per heavy atom. The number of thiophene rings is 1. The van der Waals surface area contributed by atoms with Crippen LogP contribution in [0, 0.1) is 0 Å². The molecule has 0 unspecified atom stereocenters. The van der Waals surface area contributed by atoms with Gasteiger partial charge in [0.15, 0.2) is 5.16 Å². The van der Waals surface area contributed by atoms with E-state index >= 15 is 0 Å². The van der Waals surface area contributed by atoms with Gasteiger partial charge in [-0.05, 0) is 11.4 Å². The summed E-state index contributed by atoms with van der Waals surface area (Å²) in [6, 6.07) is 1.94. The zero-order chi connectivity index (χ0) is 12.5. The second-order valence-electron chi connectivity index (χ2n) is 3.62. The van der Waals surface area contributed by atoms with Crippen LogP contribution in [0.4, 0.5) is 5.82 Å². The molecule has 3 heterocycles. The molecule has 0 radical (unpaired) electrons. The van der Waals surface area contributed by atoms with Crippen molar-refractivity contribution in [2.45, 2.75) is 10.9 Å². The molecule has 0 amide bonds. The molecule has 0 bridgehead atoms. The number of aromatic nitrogens is 5. The zero-order valence-corrected chi connectivity index (χ0v) is 11.2. The highest BCUT2D eigenvalue weighted by Crippen LogP contribution is 2.25. The van der Waals surface area contributed by atoms with Crippen molar-refractivity contribution >= 4 is 39.1 Å². The number of anilines is 1. The standard InChI is InChI=1S/C10H10N6S2/c1-16-10(12-5-13-16)18-4-7-14-8(11)6-2-3-17-9(6)15-7/h2-3,5H,4H2,1H3,(H2,11,14,15). The molecule has 3 aromatic rings. The van der Waals surface area contributed by atoms with Crippen LogP contribution in [0.3, 0.4) is 0 Å². The largest absolute Gasteiger partial charge is 0.383 e. The number of thioether (sulfide) groups is 1. The van der Waals surface area contributed by atoms with E-state index in [-0.39, 0.29) is 0 Å². The first-order chi connectivity index (χ1) is 8.74. The molecule has 2 N–H and O–H groups in total. The lowest BCUT2D eigenvalue weighted by Crippen LogP contribution is -1.99. The van der Waals surface area contributed by atoms with Crippen LogP contribution in [0.2, 0.25) is 0 Å². The maximum atomic E-state index is 5.89. The summed E-state index contributed by atoms with van der Waals surface area (Å²) in [5.74, 6) is 1.88. The van der Waals surface area contributed by atoms with Crippen LogP contribution < -0.4 is 5.73 Å². The summed E-state index contributed by atoms with van der Waals surface area (Å²) in [4.78, 5) is 13.8. The Labute approximate surface area is 111 Å². The highest BCUT2D eigenvalue weighted by atomic mass is 32.2. The summed E-state index contributed by atoms with van der Waals surface area (Å²) in [6.45, 7) is 0. The van der Waals surface area contributed by atoms with E-state index in [0.717, 1.165) is 21.2 Å². The van der Waals surface area contributed by atoms with Crippen molar-refractivity contribution in [1.29, 1.82) is 0 Å². The Balaban J connectivity index is 1.84. The van der Waals surface area contributed by atoms with Gasteiger partial charge in [0.2, 0.25) is 0 Å². The molecular formula is C10H10N6S2. The van der Waals surface area contributed by atoms with Gasteiger partial charge in [-0.15, -0.1) is 11.3 Å². The molecule has 8 heteroatoms. The molecule has 0 aromatic carbocycles. The Morgan fingerprint density at radius 1 is 1.44 bits per heavy atom. The lowest BCUT2D eigenvalue weighted by molar-refractivity contribution is 0.685. The molecule has 0 aliphatic heterocycles. The normalized spacial score (nSPS) is 11.2. The van der Waals surface area contributed by atoms with Gasteiger partial charge in [0.05, 0.1) is 11.1 Å². The number of aryl methyl sites for hydroxylation is 1. The van der Waals surface area contributed by atoms with Crippen LogP contribution >= 0.6 is 23.1 Å². The molecule has 0 saturated heterocycles. The smallest absolute Gasteiger partial charge is 0.186 e. The van der Waals surface area contributed by atoms with Crippen molar-refractivity contribution in [3.05, 3.63) is 23.6 Å². The summed E-state index contributed by atoms with van der Waals surface area (Å²) in [5.41, 5.74) is 5.89. The summed E-state index contributed by atoms with van der Waals surface area (Å²) < 4.78 is 1.72. The molecule has 3 rings (SSSR count). The fourth-order valence-corrected chi connectivity index (χ4v) is 3.07. The summed E-state index contributed by atoms with van der Waals surface area (Å²) in [5, 5.41) is 7.74. The average Bonchev–Trinajstić information content (AvgIpc) is 2.95. The van der Waals surface area contributed by atoms with Gasteiger partial charge in [-0.25, -0.2) is 19.6 Å². The zero-order valence-electron chi connectivity index (χ0n) is 9.57. The maximum absolute atomic E-state index is 5.89. The van der Waals surface area contributed by atoms with Crippen molar-refractivity contribution in [1.82, 2.24) is 24.7 Å².